The quantitative estimate of drug-likeness (QED) is 0.449. The maximum absolute atomic E-state index is 4.58. The molecule has 1 aromatic rings. The molecule has 0 aromatic heterocycles. The van der Waals surface area contributed by atoms with Crippen molar-refractivity contribution in [3.63, 3.8) is 0 Å². The summed E-state index contributed by atoms with van der Waals surface area (Å²) in [6, 6.07) is 2.17. The van der Waals surface area contributed by atoms with Crippen LogP contribution in [0.4, 0.5) is 0 Å². The molecule has 0 unspecified atom stereocenters. The lowest BCUT2D eigenvalue weighted by Crippen LogP contribution is -2.31. The van der Waals surface area contributed by atoms with Crippen molar-refractivity contribution in [1.82, 2.24) is 0 Å². The molecule has 0 spiro atoms. The van der Waals surface area contributed by atoms with Crippen molar-refractivity contribution < 1.29 is 0 Å². The van der Waals surface area contributed by atoms with Crippen LogP contribution in [0.3, 0.4) is 0 Å². The Morgan fingerprint density at radius 3 is 2.14 bits per heavy atom. The van der Waals surface area contributed by atoms with Crippen molar-refractivity contribution in [2.45, 2.75) is 38.0 Å². The highest BCUT2D eigenvalue weighted by molar-refractivity contribution is 7.80. The van der Waals surface area contributed by atoms with Gasteiger partial charge in [0.25, 0.3) is 0 Å². The first kappa shape index (κ1) is 11.8. The Morgan fingerprint density at radius 1 is 1.21 bits per heavy atom. The first-order valence-corrected chi connectivity index (χ1v) is 5.50. The fourth-order valence-corrected chi connectivity index (χ4v) is 2.70. The molecule has 1 aromatic carbocycles. The summed E-state index contributed by atoms with van der Waals surface area (Å²) in [5, 5.41) is 0. The molecule has 0 atom stereocenters. The molecule has 1 rings (SSSR count). The van der Waals surface area contributed by atoms with E-state index in [4.69, 9.17) is 0 Å². The molecule has 0 amide bonds. The van der Waals surface area contributed by atoms with Crippen LogP contribution in [0.1, 0.15) is 31.9 Å². The van der Waals surface area contributed by atoms with Crippen molar-refractivity contribution in [2.75, 3.05) is 0 Å². The summed E-state index contributed by atoms with van der Waals surface area (Å²) in [6.45, 7) is 8.91. The number of benzene rings is 1. The van der Waals surface area contributed by atoms with Crippen molar-refractivity contribution >= 4 is 39.2 Å². The minimum Gasteiger partial charge on any atom is -0.143 e. The van der Waals surface area contributed by atoms with Crippen molar-refractivity contribution in [1.29, 1.82) is 0 Å². The van der Waals surface area contributed by atoms with Crippen LogP contribution in [-0.4, -0.2) is 15.7 Å². The standard InChI is InChI=1S/C11H18B2S/c1-6-7(12)5-8(14)9(10(6)13)11(2,3)4/h5,14H,12-13H2,1-4H3. The second-order valence-electron chi connectivity index (χ2n) is 5.09. The Bertz CT molecular complexity index is 365. The van der Waals surface area contributed by atoms with Crippen LogP contribution >= 0.6 is 12.6 Å². The summed E-state index contributed by atoms with van der Waals surface area (Å²) in [5.74, 6) is 0. The predicted octanol–water partition coefficient (Wildman–Crippen LogP) is 0.0980. The van der Waals surface area contributed by atoms with Gasteiger partial charge >= 0.3 is 0 Å². The molecule has 0 N–H and O–H groups in total. The molecule has 0 aliphatic heterocycles. The minimum atomic E-state index is 0.180. The zero-order chi connectivity index (χ0) is 11.1. The number of thiol groups is 1. The van der Waals surface area contributed by atoms with Crippen molar-refractivity contribution in [2.24, 2.45) is 0 Å². The summed E-state index contributed by atoms with van der Waals surface area (Å²) < 4.78 is 0. The van der Waals surface area contributed by atoms with E-state index in [1.807, 2.05) is 0 Å². The Morgan fingerprint density at radius 2 is 1.71 bits per heavy atom. The predicted molar refractivity (Wildman–Crippen MR) is 73.5 cm³/mol. The SMILES string of the molecule is Bc1cc(S)c(C(C)(C)C)c(B)c1C. The third-order valence-electron chi connectivity index (χ3n) is 2.89. The van der Waals surface area contributed by atoms with E-state index >= 15 is 0 Å². The average molecular weight is 204 g/mol. The zero-order valence-electron chi connectivity index (χ0n) is 10.0. The van der Waals surface area contributed by atoms with Gasteiger partial charge in [0.05, 0.1) is 0 Å². The Labute approximate surface area is 94.7 Å². The van der Waals surface area contributed by atoms with Gasteiger partial charge in [0.2, 0.25) is 0 Å². The number of hydrogen-bond acceptors (Lipinski definition) is 1. The van der Waals surface area contributed by atoms with E-state index in [-0.39, 0.29) is 5.41 Å². The van der Waals surface area contributed by atoms with Crippen molar-refractivity contribution in [3.8, 4) is 0 Å². The van der Waals surface area contributed by atoms with Gasteiger partial charge < -0.3 is 0 Å². The molecule has 14 heavy (non-hydrogen) atoms. The van der Waals surface area contributed by atoms with Gasteiger partial charge in [0.15, 0.2) is 0 Å². The van der Waals surface area contributed by atoms with Crippen LogP contribution < -0.4 is 10.9 Å². The second kappa shape index (κ2) is 3.69. The van der Waals surface area contributed by atoms with Crippen LogP contribution in [0.2, 0.25) is 0 Å². The van der Waals surface area contributed by atoms with E-state index in [0.717, 1.165) is 4.90 Å². The van der Waals surface area contributed by atoms with Gasteiger partial charge in [-0.3, -0.25) is 0 Å². The number of rotatable bonds is 0. The van der Waals surface area contributed by atoms with Crippen LogP contribution in [-0.2, 0) is 5.41 Å². The molecule has 0 fully saturated rings. The topological polar surface area (TPSA) is 0 Å². The normalized spacial score (nSPS) is 11.8. The first-order chi connectivity index (χ1) is 6.25. The highest BCUT2D eigenvalue weighted by Gasteiger charge is 2.20. The van der Waals surface area contributed by atoms with Gasteiger partial charge in [-0.2, -0.15) is 0 Å². The Hall–Kier alpha value is -0.300. The van der Waals surface area contributed by atoms with Crippen LogP contribution in [0.25, 0.3) is 0 Å². The van der Waals surface area contributed by atoms with E-state index in [0.29, 0.717) is 0 Å². The molecule has 0 nitrogen and oxygen atoms in total. The number of hydrogen-bond donors (Lipinski definition) is 1. The summed E-state index contributed by atoms with van der Waals surface area (Å²) in [4.78, 5) is 1.12. The third kappa shape index (κ3) is 2.03. The second-order valence-corrected chi connectivity index (χ2v) is 5.57. The summed E-state index contributed by atoms with van der Waals surface area (Å²) in [7, 11) is 4.34. The van der Waals surface area contributed by atoms with E-state index in [9.17, 15) is 0 Å². The zero-order valence-corrected chi connectivity index (χ0v) is 10.9. The Balaban J connectivity index is 3.53. The van der Waals surface area contributed by atoms with Gasteiger partial charge in [-0.05, 0) is 17.9 Å². The fraction of sp³-hybridized carbons (Fsp3) is 0.455. The molecule has 0 saturated heterocycles. The van der Waals surface area contributed by atoms with Crippen LogP contribution in [0, 0.1) is 6.92 Å². The lowest BCUT2D eigenvalue weighted by molar-refractivity contribution is 0.582. The van der Waals surface area contributed by atoms with Crippen LogP contribution in [0.5, 0.6) is 0 Å². The van der Waals surface area contributed by atoms with E-state index in [1.54, 1.807) is 0 Å². The van der Waals surface area contributed by atoms with Gasteiger partial charge in [0, 0.05) is 4.90 Å². The molecule has 74 valence electrons. The smallest absolute Gasteiger partial charge is 0.140 e. The molecule has 0 aliphatic rings. The maximum atomic E-state index is 4.58. The van der Waals surface area contributed by atoms with Gasteiger partial charge in [-0.25, -0.2) is 0 Å². The lowest BCUT2D eigenvalue weighted by Gasteiger charge is -2.26. The van der Waals surface area contributed by atoms with E-state index < -0.39 is 0 Å². The molecule has 0 bridgehead atoms. The monoisotopic (exact) mass is 204 g/mol. The lowest BCUT2D eigenvalue weighted by atomic mass is 9.72. The molecule has 0 heterocycles. The molecule has 0 radical (unpaired) electrons. The molecular weight excluding hydrogens is 186 g/mol. The summed E-state index contributed by atoms with van der Waals surface area (Å²) in [6.07, 6.45) is 0. The minimum absolute atomic E-state index is 0.180. The average Bonchev–Trinajstić information content (AvgIpc) is 1.97. The molecular formula is C11H18B2S. The maximum Gasteiger partial charge on any atom is 0.140 e. The van der Waals surface area contributed by atoms with E-state index in [1.165, 1.54) is 22.1 Å². The molecule has 0 aliphatic carbocycles. The first-order valence-electron chi connectivity index (χ1n) is 5.05. The van der Waals surface area contributed by atoms with Crippen molar-refractivity contribution in [3.05, 3.63) is 17.2 Å². The highest BCUT2D eigenvalue weighted by atomic mass is 32.1. The van der Waals surface area contributed by atoms with Gasteiger partial charge in [0.1, 0.15) is 15.7 Å². The molecule has 0 saturated carbocycles. The van der Waals surface area contributed by atoms with Crippen LogP contribution in [0.15, 0.2) is 11.0 Å². The fourth-order valence-electron chi connectivity index (χ4n) is 2.01. The highest BCUT2D eigenvalue weighted by Crippen LogP contribution is 2.26. The van der Waals surface area contributed by atoms with Gasteiger partial charge in [-0.15, -0.1) is 12.6 Å². The molecule has 3 heteroatoms. The third-order valence-corrected chi connectivity index (χ3v) is 3.24. The summed E-state index contributed by atoms with van der Waals surface area (Å²) >= 11 is 4.58. The Kier molecular flexibility index (Phi) is 3.10. The largest absolute Gasteiger partial charge is 0.143 e. The van der Waals surface area contributed by atoms with E-state index in [2.05, 4.69) is 62.1 Å². The van der Waals surface area contributed by atoms with Gasteiger partial charge in [-0.1, -0.05) is 43.3 Å². The summed E-state index contributed by atoms with van der Waals surface area (Å²) in [5.41, 5.74) is 5.68.